The van der Waals surface area contributed by atoms with Crippen LogP contribution in [0.3, 0.4) is 0 Å². The first-order valence-electron chi connectivity index (χ1n) is 7.28. The highest BCUT2D eigenvalue weighted by molar-refractivity contribution is 7.99. The third kappa shape index (κ3) is 6.03. The van der Waals surface area contributed by atoms with E-state index in [9.17, 15) is 9.59 Å². The molecule has 0 aliphatic heterocycles. The van der Waals surface area contributed by atoms with Crippen LogP contribution in [0.2, 0.25) is 0 Å². The van der Waals surface area contributed by atoms with E-state index < -0.39 is 11.5 Å². The van der Waals surface area contributed by atoms with E-state index in [-0.39, 0.29) is 12.5 Å². The summed E-state index contributed by atoms with van der Waals surface area (Å²) in [4.78, 5) is 23.0. The molecule has 1 fully saturated rings. The molecule has 1 rings (SSSR count). The van der Waals surface area contributed by atoms with Crippen molar-refractivity contribution in [2.75, 3.05) is 12.8 Å². The molecule has 0 aromatic rings. The SMILES string of the molecule is CSC(C)CCNC(=O)NC1(CC(=O)O)CCCCC1. The molecule has 0 spiro atoms. The van der Waals surface area contributed by atoms with E-state index in [1.54, 1.807) is 11.8 Å². The van der Waals surface area contributed by atoms with Crippen molar-refractivity contribution in [1.29, 1.82) is 0 Å². The number of hydrogen-bond donors (Lipinski definition) is 3. The topological polar surface area (TPSA) is 78.4 Å². The number of rotatable bonds is 7. The quantitative estimate of drug-likeness (QED) is 0.675. The highest BCUT2D eigenvalue weighted by atomic mass is 32.2. The lowest BCUT2D eigenvalue weighted by Gasteiger charge is -2.36. The predicted molar refractivity (Wildman–Crippen MR) is 82.2 cm³/mol. The van der Waals surface area contributed by atoms with Crippen molar-refractivity contribution in [2.24, 2.45) is 0 Å². The number of hydrogen-bond acceptors (Lipinski definition) is 3. The van der Waals surface area contributed by atoms with E-state index >= 15 is 0 Å². The predicted octanol–water partition coefficient (Wildman–Crippen LogP) is 2.60. The second kappa shape index (κ2) is 8.39. The first-order valence-corrected chi connectivity index (χ1v) is 8.57. The molecule has 1 atom stereocenters. The number of urea groups is 1. The maximum atomic E-state index is 11.9. The van der Waals surface area contributed by atoms with Crippen LogP contribution in [0.4, 0.5) is 4.79 Å². The fourth-order valence-corrected chi connectivity index (χ4v) is 3.01. The zero-order valence-electron chi connectivity index (χ0n) is 12.4. The minimum atomic E-state index is -0.844. The molecule has 1 unspecified atom stereocenters. The Bertz CT molecular complexity index is 330. The minimum absolute atomic E-state index is 0.0155. The smallest absolute Gasteiger partial charge is 0.315 e. The number of carbonyl (C=O) groups excluding carboxylic acids is 1. The number of amides is 2. The van der Waals surface area contributed by atoms with Gasteiger partial charge in [0.1, 0.15) is 0 Å². The summed E-state index contributed by atoms with van der Waals surface area (Å²) in [6.45, 7) is 2.74. The third-order valence-electron chi connectivity index (χ3n) is 3.92. The molecule has 6 heteroatoms. The van der Waals surface area contributed by atoms with Gasteiger partial charge in [-0.3, -0.25) is 4.79 Å². The van der Waals surface area contributed by atoms with Gasteiger partial charge >= 0.3 is 12.0 Å². The Morgan fingerprint density at radius 1 is 1.30 bits per heavy atom. The van der Waals surface area contributed by atoms with Gasteiger partial charge in [0.25, 0.3) is 0 Å². The number of aliphatic carboxylic acids is 1. The Balaban J connectivity index is 2.44. The van der Waals surface area contributed by atoms with Crippen molar-refractivity contribution >= 4 is 23.8 Å². The van der Waals surface area contributed by atoms with Gasteiger partial charge in [-0.15, -0.1) is 0 Å². The van der Waals surface area contributed by atoms with E-state index in [0.29, 0.717) is 11.8 Å². The molecular weight excluding hydrogens is 276 g/mol. The molecule has 0 heterocycles. The molecule has 0 aromatic carbocycles. The van der Waals surface area contributed by atoms with Crippen molar-refractivity contribution in [3.05, 3.63) is 0 Å². The van der Waals surface area contributed by atoms with Gasteiger partial charge in [-0.2, -0.15) is 11.8 Å². The number of carboxylic acids is 1. The summed E-state index contributed by atoms with van der Waals surface area (Å²) in [5, 5.41) is 15.3. The summed E-state index contributed by atoms with van der Waals surface area (Å²) in [6, 6.07) is -0.235. The lowest BCUT2D eigenvalue weighted by atomic mass is 9.79. The average molecular weight is 302 g/mol. The van der Waals surface area contributed by atoms with Gasteiger partial charge in [-0.1, -0.05) is 26.2 Å². The summed E-state index contributed by atoms with van der Waals surface area (Å²) in [5.74, 6) is -0.844. The highest BCUT2D eigenvalue weighted by Gasteiger charge is 2.35. The largest absolute Gasteiger partial charge is 0.481 e. The summed E-state index contributed by atoms with van der Waals surface area (Å²) >= 11 is 1.77. The molecule has 5 nitrogen and oxygen atoms in total. The van der Waals surface area contributed by atoms with Crippen LogP contribution in [-0.4, -0.2) is 40.7 Å². The monoisotopic (exact) mass is 302 g/mol. The van der Waals surface area contributed by atoms with Crippen LogP contribution in [0.15, 0.2) is 0 Å². The van der Waals surface area contributed by atoms with E-state index in [1.165, 1.54) is 0 Å². The van der Waals surface area contributed by atoms with Gasteiger partial charge in [0.05, 0.1) is 12.0 Å². The molecule has 0 saturated heterocycles. The van der Waals surface area contributed by atoms with E-state index in [2.05, 4.69) is 23.8 Å². The van der Waals surface area contributed by atoms with Crippen molar-refractivity contribution in [2.45, 2.75) is 62.7 Å². The van der Waals surface area contributed by atoms with Crippen LogP contribution < -0.4 is 10.6 Å². The Hall–Kier alpha value is -0.910. The highest BCUT2D eigenvalue weighted by Crippen LogP contribution is 2.31. The van der Waals surface area contributed by atoms with Crippen LogP contribution >= 0.6 is 11.8 Å². The van der Waals surface area contributed by atoms with Gasteiger partial charge in [0, 0.05) is 11.8 Å². The van der Waals surface area contributed by atoms with Crippen molar-refractivity contribution in [3.8, 4) is 0 Å². The fraction of sp³-hybridized carbons (Fsp3) is 0.857. The molecule has 2 amide bonds. The normalized spacial score (nSPS) is 19.1. The molecule has 1 aliphatic rings. The lowest BCUT2D eigenvalue weighted by Crippen LogP contribution is -2.54. The zero-order valence-corrected chi connectivity index (χ0v) is 13.2. The summed E-state index contributed by atoms with van der Waals surface area (Å²) in [7, 11) is 0. The zero-order chi connectivity index (χ0) is 15.0. The van der Waals surface area contributed by atoms with Crippen LogP contribution in [0, 0.1) is 0 Å². The molecular formula is C14H26N2O3S. The second-order valence-electron chi connectivity index (χ2n) is 5.63. The first-order chi connectivity index (χ1) is 9.47. The third-order valence-corrected chi connectivity index (χ3v) is 4.96. The van der Waals surface area contributed by atoms with Gasteiger partial charge in [0.2, 0.25) is 0 Å². The number of carbonyl (C=O) groups is 2. The average Bonchev–Trinajstić information content (AvgIpc) is 2.38. The fourth-order valence-electron chi connectivity index (χ4n) is 2.66. The van der Waals surface area contributed by atoms with Crippen molar-refractivity contribution in [3.63, 3.8) is 0 Å². The number of carboxylic acid groups (broad SMARTS) is 1. The Labute approximate surface area is 125 Å². The van der Waals surface area contributed by atoms with Crippen molar-refractivity contribution < 1.29 is 14.7 Å². The Morgan fingerprint density at radius 3 is 2.50 bits per heavy atom. The molecule has 0 radical (unpaired) electrons. The summed E-state index contributed by atoms with van der Waals surface area (Å²) < 4.78 is 0. The van der Waals surface area contributed by atoms with Crippen LogP contribution in [0.5, 0.6) is 0 Å². The number of nitrogens with one attached hydrogen (secondary N) is 2. The van der Waals surface area contributed by atoms with E-state index in [4.69, 9.17) is 5.11 Å². The maximum absolute atomic E-state index is 11.9. The standard InChI is InChI=1S/C14H26N2O3S/c1-11(20-2)6-9-15-13(19)16-14(10-12(17)18)7-4-3-5-8-14/h11H,3-10H2,1-2H3,(H,17,18)(H2,15,16,19). The van der Waals surface area contributed by atoms with Gasteiger partial charge in [-0.05, 0) is 25.5 Å². The van der Waals surface area contributed by atoms with Crippen LogP contribution in [0.25, 0.3) is 0 Å². The van der Waals surface area contributed by atoms with Gasteiger partial charge in [0.15, 0.2) is 0 Å². The van der Waals surface area contributed by atoms with Crippen molar-refractivity contribution in [1.82, 2.24) is 10.6 Å². The lowest BCUT2D eigenvalue weighted by molar-refractivity contribution is -0.139. The van der Waals surface area contributed by atoms with Crippen LogP contribution in [0.1, 0.15) is 51.9 Å². The molecule has 1 aliphatic carbocycles. The molecule has 0 bridgehead atoms. The molecule has 1 saturated carbocycles. The number of thioether (sulfide) groups is 1. The molecule has 3 N–H and O–H groups in total. The molecule has 116 valence electrons. The Morgan fingerprint density at radius 2 is 1.95 bits per heavy atom. The summed E-state index contributed by atoms with van der Waals surface area (Å²) in [6.07, 6.45) is 7.59. The van der Waals surface area contributed by atoms with E-state index in [1.807, 2.05) is 0 Å². The van der Waals surface area contributed by atoms with E-state index in [0.717, 1.165) is 38.5 Å². The first kappa shape index (κ1) is 17.1. The van der Waals surface area contributed by atoms with Gasteiger partial charge < -0.3 is 15.7 Å². The van der Waals surface area contributed by atoms with Crippen LogP contribution in [-0.2, 0) is 4.79 Å². The van der Waals surface area contributed by atoms with Gasteiger partial charge in [-0.25, -0.2) is 4.79 Å². The summed E-state index contributed by atoms with van der Waals surface area (Å²) in [5.41, 5.74) is -0.556. The molecule has 20 heavy (non-hydrogen) atoms. The maximum Gasteiger partial charge on any atom is 0.315 e. The molecule has 0 aromatic heterocycles. The Kier molecular flexibility index (Phi) is 7.19. The minimum Gasteiger partial charge on any atom is -0.481 e. The second-order valence-corrected chi connectivity index (χ2v) is 6.90.